The van der Waals surface area contributed by atoms with Gasteiger partial charge in [-0.15, -0.1) is 0 Å². The van der Waals surface area contributed by atoms with E-state index in [-0.39, 0.29) is 23.7 Å². The second-order valence-corrected chi connectivity index (χ2v) is 6.70. The summed E-state index contributed by atoms with van der Waals surface area (Å²) in [7, 11) is 0. The molecule has 4 rings (SSSR count). The molecule has 1 N–H and O–H groups in total. The van der Waals surface area contributed by atoms with Gasteiger partial charge < -0.3 is 10.2 Å². The van der Waals surface area contributed by atoms with E-state index in [9.17, 15) is 9.59 Å². The smallest absolute Gasteiger partial charge is 0.228 e. The van der Waals surface area contributed by atoms with E-state index in [1.807, 2.05) is 35.2 Å². The highest BCUT2D eigenvalue weighted by Crippen LogP contribution is 2.41. The third-order valence-electron chi connectivity index (χ3n) is 5.00. The van der Waals surface area contributed by atoms with Gasteiger partial charge in [-0.25, -0.2) is 0 Å². The van der Waals surface area contributed by atoms with E-state index >= 15 is 0 Å². The largest absolute Gasteiger partial charge is 0.342 e. The van der Waals surface area contributed by atoms with Crippen molar-refractivity contribution < 1.29 is 9.59 Å². The zero-order chi connectivity index (χ0) is 16.5. The molecular formula is C19H21N3O2. The fourth-order valence-electron chi connectivity index (χ4n) is 3.54. The third-order valence-corrected chi connectivity index (χ3v) is 5.00. The molecule has 2 heterocycles. The van der Waals surface area contributed by atoms with E-state index in [1.165, 1.54) is 6.42 Å². The number of carbonyl (C=O) groups excluding carboxylic acids is 2. The van der Waals surface area contributed by atoms with Crippen LogP contribution in [-0.4, -0.2) is 34.8 Å². The van der Waals surface area contributed by atoms with Crippen LogP contribution < -0.4 is 5.32 Å². The van der Waals surface area contributed by atoms with Gasteiger partial charge in [-0.2, -0.15) is 0 Å². The predicted octanol–water partition coefficient (Wildman–Crippen LogP) is 2.82. The van der Waals surface area contributed by atoms with Crippen LogP contribution in [0.2, 0.25) is 0 Å². The normalized spacial score (nSPS) is 23.1. The van der Waals surface area contributed by atoms with E-state index < -0.39 is 0 Å². The monoisotopic (exact) mass is 323 g/mol. The Morgan fingerprint density at radius 2 is 1.83 bits per heavy atom. The van der Waals surface area contributed by atoms with Crippen LogP contribution in [0.5, 0.6) is 0 Å². The second-order valence-electron chi connectivity index (χ2n) is 6.70. The maximum absolute atomic E-state index is 12.5. The Balaban J connectivity index is 1.43. The van der Waals surface area contributed by atoms with Crippen LogP contribution in [0.25, 0.3) is 10.9 Å². The molecule has 0 radical (unpaired) electrons. The fourth-order valence-corrected chi connectivity index (χ4v) is 3.54. The van der Waals surface area contributed by atoms with Gasteiger partial charge in [0.15, 0.2) is 0 Å². The molecule has 24 heavy (non-hydrogen) atoms. The summed E-state index contributed by atoms with van der Waals surface area (Å²) in [5, 5.41) is 3.96. The minimum atomic E-state index is -0.196. The second kappa shape index (κ2) is 6.23. The summed E-state index contributed by atoms with van der Waals surface area (Å²) in [6.07, 6.45) is 5.75. The standard InChI is InChI=1S/C19H21N3O2/c23-18(14-12-15(14)19(24)22-10-2-1-3-11-22)21-16-8-4-6-13-7-5-9-20-17(13)16/h4-9,14-15H,1-3,10-12H2,(H,21,23). The molecule has 1 aromatic carbocycles. The molecule has 2 aromatic rings. The number of aromatic nitrogens is 1. The van der Waals surface area contributed by atoms with Crippen LogP contribution in [0.3, 0.4) is 0 Å². The number of nitrogens with zero attached hydrogens (tertiary/aromatic N) is 2. The molecular weight excluding hydrogens is 302 g/mol. The highest BCUT2D eigenvalue weighted by atomic mass is 16.2. The molecule has 1 saturated carbocycles. The van der Waals surface area contributed by atoms with Gasteiger partial charge in [-0.05, 0) is 37.8 Å². The SMILES string of the molecule is O=C(Nc1cccc2cccnc12)C1CC1C(=O)N1CCCCC1. The molecule has 2 atom stereocenters. The maximum atomic E-state index is 12.5. The van der Waals surface area contributed by atoms with Crippen molar-refractivity contribution in [3.63, 3.8) is 0 Å². The summed E-state index contributed by atoms with van der Waals surface area (Å²) >= 11 is 0. The van der Waals surface area contributed by atoms with E-state index in [0.29, 0.717) is 12.1 Å². The van der Waals surface area contributed by atoms with Crippen LogP contribution in [0.15, 0.2) is 36.5 Å². The van der Waals surface area contributed by atoms with Crippen molar-refractivity contribution >= 4 is 28.4 Å². The van der Waals surface area contributed by atoms with Crippen LogP contribution in [-0.2, 0) is 9.59 Å². The van der Waals surface area contributed by atoms with E-state index in [1.54, 1.807) is 6.20 Å². The molecule has 2 fully saturated rings. The van der Waals surface area contributed by atoms with Crippen molar-refractivity contribution in [3.05, 3.63) is 36.5 Å². The first kappa shape index (κ1) is 15.1. The minimum absolute atomic E-state index is 0.0662. The van der Waals surface area contributed by atoms with Crippen LogP contribution in [0.1, 0.15) is 25.7 Å². The third kappa shape index (κ3) is 2.86. The average molecular weight is 323 g/mol. The zero-order valence-electron chi connectivity index (χ0n) is 13.6. The Morgan fingerprint density at radius 1 is 1.04 bits per heavy atom. The molecule has 1 aliphatic carbocycles. The first-order chi connectivity index (χ1) is 11.7. The van der Waals surface area contributed by atoms with Gasteiger partial charge in [0.05, 0.1) is 23.0 Å². The first-order valence-electron chi connectivity index (χ1n) is 8.67. The number of likely N-dealkylation sites (tertiary alicyclic amines) is 1. The molecule has 1 aliphatic heterocycles. The highest BCUT2D eigenvalue weighted by molar-refractivity contribution is 6.04. The van der Waals surface area contributed by atoms with Crippen LogP contribution >= 0.6 is 0 Å². The van der Waals surface area contributed by atoms with Gasteiger partial charge in [0, 0.05) is 24.7 Å². The molecule has 0 spiro atoms. The number of nitrogens with one attached hydrogen (secondary N) is 1. The summed E-state index contributed by atoms with van der Waals surface area (Å²) in [5.41, 5.74) is 1.50. The van der Waals surface area contributed by atoms with E-state index in [4.69, 9.17) is 0 Å². The Hall–Kier alpha value is -2.43. The van der Waals surface area contributed by atoms with Gasteiger partial charge in [0.2, 0.25) is 11.8 Å². The molecule has 124 valence electrons. The molecule has 2 aliphatic rings. The quantitative estimate of drug-likeness (QED) is 0.945. The van der Waals surface area contributed by atoms with Crippen molar-refractivity contribution in [1.29, 1.82) is 0 Å². The van der Waals surface area contributed by atoms with Crippen molar-refractivity contribution in [3.8, 4) is 0 Å². The number of benzene rings is 1. The van der Waals surface area contributed by atoms with Crippen LogP contribution in [0.4, 0.5) is 5.69 Å². The average Bonchev–Trinajstić information content (AvgIpc) is 3.43. The van der Waals surface area contributed by atoms with Crippen molar-refractivity contribution in [2.75, 3.05) is 18.4 Å². The van der Waals surface area contributed by atoms with Crippen molar-refractivity contribution in [2.45, 2.75) is 25.7 Å². The summed E-state index contributed by atoms with van der Waals surface area (Å²) < 4.78 is 0. The molecule has 2 amide bonds. The number of rotatable bonds is 3. The first-order valence-corrected chi connectivity index (χ1v) is 8.67. The van der Waals surface area contributed by atoms with Gasteiger partial charge in [0.25, 0.3) is 0 Å². The molecule has 0 bridgehead atoms. The molecule has 1 aromatic heterocycles. The summed E-state index contributed by atoms with van der Waals surface area (Å²) in [6.45, 7) is 1.69. The van der Waals surface area contributed by atoms with Crippen molar-refractivity contribution in [2.24, 2.45) is 11.8 Å². The Kier molecular flexibility index (Phi) is 3.92. The topological polar surface area (TPSA) is 62.3 Å². The highest BCUT2D eigenvalue weighted by Gasteiger charge is 2.49. The number of hydrogen-bond donors (Lipinski definition) is 1. The van der Waals surface area contributed by atoms with Gasteiger partial charge in [0.1, 0.15) is 0 Å². The number of fused-ring (bicyclic) bond motifs is 1. The number of pyridine rings is 1. The lowest BCUT2D eigenvalue weighted by Crippen LogP contribution is -2.37. The van der Waals surface area contributed by atoms with E-state index in [0.717, 1.165) is 36.8 Å². The molecule has 2 unspecified atom stereocenters. The summed E-state index contributed by atoms with van der Waals surface area (Å²) in [6, 6.07) is 9.58. The van der Waals surface area contributed by atoms with Gasteiger partial charge in [-0.3, -0.25) is 14.6 Å². The number of hydrogen-bond acceptors (Lipinski definition) is 3. The number of amides is 2. The lowest BCUT2D eigenvalue weighted by Gasteiger charge is -2.26. The molecule has 5 nitrogen and oxygen atoms in total. The molecule has 5 heteroatoms. The number of carbonyl (C=O) groups is 2. The Labute approximate surface area is 141 Å². The number of anilines is 1. The zero-order valence-corrected chi connectivity index (χ0v) is 13.6. The lowest BCUT2D eigenvalue weighted by atomic mass is 10.1. The molecule has 1 saturated heterocycles. The van der Waals surface area contributed by atoms with E-state index in [2.05, 4.69) is 10.3 Å². The fraction of sp³-hybridized carbons (Fsp3) is 0.421. The lowest BCUT2D eigenvalue weighted by molar-refractivity contribution is -0.134. The number of piperidine rings is 1. The Bertz CT molecular complexity index is 778. The van der Waals surface area contributed by atoms with Crippen LogP contribution in [0, 0.1) is 11.8 Å². The number of para-hydroxylation sites is 1. The summed E-state index contributed by atoms with van der Waals surface area (Å²) in [4.78, 5) is 31.3. The van der Waals surface area contributed by atoms with Gasteiger partial charge >= 0.3 is 0 Å². The maximum Gasteiger partial charge on any atom is 0.228 e. The Morgan fingerprint density at radius 3 is 2.67 bits per heavy atom. The van der Waals surface area contributed by atoms with Crippen molar-refractivity contribution in [1.82, 2.24) is 9.88 Å². The minimum Gasteiger partial charge on any atom is -0.342 e. The van der Waals surface area contributed by atoms with Gasteiger partial charge in [-0.1, -0.05) is 18.2 Å². The predicted molar refractivity (Wildman–Crippen MR) is 92.4 cm³/mol. The summed E-state index contributed by atoms with van der Waals surface area (Å²) in [5.74, 6) is -0.237.